The molecule has 7 heteroatoms. The number of carbonyl (C=O) groups is 1. The average molecular weight is 401 g/mol. The summed E-state index contributed by atoms with van der Waals surface area (Å²) in [5.41, 5.74) is 2.00. The molecular formula is C20H20N2O3S2. The molecule has 0 radical (unpaired) electrons. The zero-order chi connectivity index (χ0) is 18.8. The fraction of sp³-hybridized carbons (Fsp3) is 0.350. The van der Waals surface area contributed by atoms with E-state index >= 15 is 0 Å². The highest BCUT2D eigenvalue weighted by Gasteiger charge is 2.21. The van der Waals surface area contributed by atoms with Gasteiger partial charge in [-0.25, -0.2) is 9.97 Å². The number of rotatable bonds is 7. The van der Waals surface area contributed by atoms with E-state index in [2.05, 4.69) is 9.97 Å². The zero-order valence-electron chi connectivity index (χ0n) is 15.0. The van der Waals surface area contributed by atoms with Gasteiger partial charge < -0.3 is 9.84 Å². The summed E-state index contributed by atoms with van der Waals surface area (Å²) < 4.78 is 5.65. The molecule has 0 aliphatic heterocycles. The number of aromatic nitrogens is 2. The summed E-state index contributed by atoms with van der Waals surface area (Å²) in [6.45, 7) is 1.69. The lowest BCUT2D eigenvalue weighted by Crippen LogP contribution is -2.20. The summed E-state index contributed by atoms with van der Waals surface area (Å²) in [5.74, 6) is 1.07. The van der Waals surface area contributed by atoms with Gasteiger partial charge >= 0.3 is 0 Å². The van der Waals surface area contributed by atoms with Gasteiger partial charge in [-0.15, -0.1) is 23.1 Å². The number of hydrogen-bond donors (Lipinski definition) is 1. The molecule has 2 heterocycles. The first-order chi connectivity index (χ1) is 13.1. The lowest BCUT2D eigenvalue weighted by Gasteiger charge is -2.13. The van der Waals surface area contributed by atoms with Crippen LogP contribution >= 0.6 is 23.1 Å². The number of benzene rings is 1. The molecule has 0 fully saturated rings. The van der Waals surface area contributed by atoms with Crippen LogP contribution in [0.25, 0.3) is 10.2 Å². The second kappa shape index (κ2) is 7.96. The normalized spacial score (nSPS) is 14.3. The van der Waals surface area contributed by atoms with Gasteiger partial charge in [-0.05, 0) is 43.9 Å². The molecule has 140 valence electrons. The number of aryl methyl sites for hydroxylation is 2. The van der Waals surface area contributed by atoms with E-state index in [4.69, 9.17) is 4.74 Å². The number of aliphatic hydroxyl groups excluding tert-OH is 1. The maximum atomic E-state index is 11.4. The molecule has 1 N–H and O–H groups in total. The topological polar surface area (TPSA) is 72.3 Å². The van der Waals surface area contributed by atoms with Crippen LogP contribution in [0.3, 0.4) is 0 Å². The summed E-state index contributed by atoms with van der Waals surface area (Å²) in [7, 11) is 0. The summed E-state index contributed by atoms with van der Waals surface area (Å²) in [4.78, 5) is 22.8. The van der Waals surface area contributed by atoms with E-state index in [-0.39, 0.29) is 12.4 Å². The van der Waals surface area contributed by atoms with E-state index in [0.29, 0.717) is 17.1 Å². The van der Waals surface area contributed by atoms with Crippen molar-refractivity contribution in [3.63, 3.8) is 0 Å². The van der Waals surface area contributed by atoms with Gasteiger partial charge in [0.2, 0.25) is 0 Å². The van der Waals surface area contributed by atoms with Crippen LogP contribution in [-0.4, -0.2) is 39.3 Å². The van der Waals surface area contributed by atoms with Crippen molar-refractivity contribution < 1.29 is 14.6 Å². The molecule has 0 saturated carbocycles. The first-order valence-corrected chi connectivity index (χ1v) is 10.7. The molecule has 4 rings (SSSR count). The third kappa shape index (κ3) is 4.00. The monoisotopic (exact) mass is 400 g/mol. The van der Waals surface area contributed by atoms with Crippen molar-refractivity contribution in [2.24, 2.45) is 0 Å². The van der Waals surface area contributed by atoms with Crippen molar-refractivity contribution in [1.29, 1.82) is 0 Å². The summed E-state index contributed by atoms with van der Waals surface area (Å²) >= 11 is 3.31. The van der Waals surface area contributed by atoms with Crippen molar-refractivity contribution in [3.05, 3.63) is 46.6 Å². The molecule has 0 unspecified atom stereocenters. The Hall–Kier alpha value is -1.96. The number of ketones is 1. The van der Waals surface area contributed by atoms with Gasteiger partial charge in [0.25, 0.3) is 0 Å². The molecule has 1 aliphatic rings. The molecular weight excluding hydrogens is 380 g/mol. The molecule has 1 aromatic carbocycles. The molecule has 27 heavy (non-hydrogen) atoms. The van der Waals surface area contributed by atoms with Gasteiger partial charge in [0.15, 0.2) is 5.78 Å². The highest BCUT2D eigenvalue weighted by atomic mass is 32.2. The molecule has 3 aromatic rings. The molecule has 0 saturated heterocycles. The number of aliphatic hydroxyl groups is 1. The Morgan fingerprint density at radius 3 is 3.11 bits per heavy atom. The van der Waals surface area contributed by atoms with Crippen LogP contribution in [0, 0.1) is 0 Å². The lowest BCUT2D eigenvalue weighted by molar-refractivity contribution is 0.101. The summed E-state index contributed by atoms with van der Waals surface area (Å²) in [5, 5.41) is 12.4. The van der Waals surface area contributed by atoms with Crippen LogP contribution in [-0.2, 0) is 12.8 Å². The third-order valence-electron chi connectivity index (χ3n) is 4.56. The minimum absolute atomic E-state index is 0.00683. The van der Waals surface area contributed by atoms with Crippen LogP contribution in [0.5, 0.6) is 5.75 Å². The van der Waals surface area contributed by atoms with Gasteiger partial charge in [0.05, 0.1) is 6.10 Å². The average Bonchev–Trinajstić information content (AvgIpc) is 3.26. The van der Waals surface area contributed by atoms with Crippen molar-refractivity contribution >= 4 is 39.1 Å². The van der Waals surface area contributed by atoms with Crippen LogP contribution in [0.2, 0.25) is 0 Å². The largest absolute Gasteiger partial charge is 0.491 e. The van der Waals surface area contributed by atoms with Gasteiger partial charge in [-0.2, -0.15) is 0 Å². The number of hydrogen-bond acceptors (Lipinski definition) is 7. The fourth-order valence-corrected chi connectivity index (χ4v) is 5.46. The lowest BCUT2D eigenvalue weighted by atomic mass is 10.1. The quantitative estimate of drug-likeness (QED) is 0.368. The van der Waals surface area contributed by atoms with Gasteiger partial charge in [-0.3, -0.25) is 4.79 Å². The third-order valence-corrected chi connectivity index (χ3v) is 6.90. The Bertz CT molecular complexity index is 987. The van der Waals surface area contributed by atoms with Gasteiger partial charge in [-0.1, -0.05) is 12.1 Å². The number of fused-ring (bicyclic) bond motifs is 3. The van der Waals surface area contributed by atoms with Crippen LogP contribution in [0.1, 0.15) is 34.1 Å². The van der Waals surface area contributed by atoms with E-state index in [9.17, 15) is 9.90 Å². The summed E-state index contributed by atoms with van der Waals surface area (Å²) in [6, 6.07) is 7.02. The number of nitrogens with zero attached hydrogens (tertiary/aromatic N) is 2. The van der Waals surface area contributed by atoms with Gasteiger partial charge in [0.1, 0.15) is 28.5 Å². The van der Waals surface area contributed by atoms with E-state index in [1.165, 1.54) is 29.2 Å². The smallest absolute Gasteiger partial charge is 0.159 e. The Kier molecular flexibility index (Phi) is 5.43. The Morgan fingerprint density at radius 1 is 1.37 bits per heavy atom. The molecule has 5 nitrogen and oxygen atoms in total. The molecule has 0 spiro atoms. The predicted molar refractivity (Wildman–Crippen MR) is 108 cm³/mol. The van der Waals surface area contributed by atoms with Crippen LogP contribution in [0.15, 0.2) is 35.6 Å². The van der Waals surface area contributed by atoms with E-state index in [1.54, 1.807) is 53.7 Å². The number of thiophene rings is 1. The second-order valence-corrected chi connectivity index (χ2v) is 8.67. The molecule has 0 bridgehead atoms. The highest BCUT2D eigenvalue weighted by Crippen LogP contribution is 2.40. The predicted octanol–water partition coefficient (Wildman–Crippen LogP) is 3.91. The van der Waals surface area contributed by atoms with E-state index in [1.807, 2.05) is 0 Å². The number of Topliss-reactive ketones (excluding diaryl/α,β-unsaturated/α-hetero) is 1. The first kappa shape index (κ1) is 18.4. The first-order valence-electron chi connectivity index (χ1n) is 8.91. The van der Waals surface area contributed by atoms with E-state index < -0.39 is 6.10 Å². The van der Waals surface area contributed by atoms with Gasteiger partial charge in [0, 0.05) is 21.6 Å². The standard InChI is InChI=1S/C20H20N2O3S2/c1-12(23)13-4-2-5-15(8-13)25-9-14(24)10-26-19-18-16-6-3-7-17(16)27-20(18)22-11-21-19/h2,4-5,8,11,14,24H,3,6-7,9-10H2,1H3/t14-/m0/s1. The zero-order valence-corrected chi connectivity index (χ0v) is 16.6. The minimum Gasteiger partial charge on any atom is -0.491 e. The van der Waals surface area contributed by atoms with E-state index in [0.717, 1.165) is 22.7 Å². The van der Waals surface area contributed by atoms with Crippen molar-refractivity contribution in [3.8, 4) is 5.75 Å². The van der Waals surface area contributed by atoms with Crippen molar-refractivity contribution in [2.45, 2.75) is 37.3 Å². The molecule has 2 aromatic heterocycles. The number of carbonyl (C=O) groups excluding carboxylic acids is 1. The molecule has 0 amide bonds. The SMILES string of the molecule is CC(=O)c1cccc(OC[C@H](O)CSc2ncnc3sc4c(c23)CCC4)c1. The summed E-state index contributed by atoms with van der Waals surface area (Å²) in [6.07, 6.45) is 4.40. The molecule has 1 atom stereocenters. The Morgan fingerprint density at radius 2 is 2.26 bits per heavy atom. The van der Waals surface area contributed by atoms with Crippen molar-refractivity contribution in [1.82, 2.24) is 9.97 Å². The van der Waals surface area contributed by atoms with Crippen molar-refractivity contribution in [2.75, 3.05) is 12.4 Å². The number of ether oxygens (including phenoxy) is 1. The Balaban J connectivity index is 1.38. The minimum atomic E-state index is -0.632. The second-order valence-electron chi connectivity index (χ2n) is 6.58. The fourth-order valence-electron chi connectivity index (χ4n) is 3.23. The van der Waals surface area contributed by atoms with Crippen LogP contribution in [0.4, 0.5) is 0 Å². The number of thioether (sulfide) groups is 1. The Labute approximate surface area is 165 Å². The van der Waals surface area contributed by atoms with Crippen LogP contribution < -0.4 is 4.74 Å². The maximum absolute atomic E-state index is 11.4. The maximum Gasteiger partial charge on any atom is 0.159 e. The molecule has 1 aliphatic carbocycles. The highest BCUT2D eigenvalue weighted by molar-refractivity contribution is 7.99.